The van der Waals surface area contributed by atoms with E-state index in [1.807, 2.05) is 25.1 Å². The molecule has 1 rings (SSSR count). The Kier molecular flexibility index (Phi) is 4.87. The van der Waals surface area contributed by atoms with Gasteiger partial charge in [-0.05, 0) is 19.4 Å². The van der Waals surface area contributed by atoms with Crippen LogP contribution in [0.4, 0.5) is 0 Å². The van der Waals surface area contributed by atoms with Crippen LogP contribution in [0.1, 0.15) is 35.7 Å². The van der Waals surface area contributed by atoms with Crippen molar-refractivity contribution >= 4 is 15.6 Å². The Morgan fingerprint density at radius 2 is 2.00 bits per heavy atom. The summed E-state index contributed by atoms with van der Waals surface area (Å²) in [6.07, 6.45) is 0.700. The fourth-order valence-electron chi connectivity index (χ4n) is 1.56. The quantitative estimate of drug-likeness (QED) is 0.732. The third-order valence-electron chi connectivity index (χ3n) is 2.64. The molecule has 0 saturated carbocycles. The molecule has 1 aromatic carbocycles. The largest absolute Gasteiger partial charge is 0.294 e. The molecule has 0 radical (unpaired) electrons. The van der Waals surface area contributed by atoms with Gasteiger partial charge in [0, 0.05) is 17.7 Å². The van der Waals surface area contributed by atoms with Crippen LogP contribution in [0.15, 0.2) is 24.3 Å². The third kappa shape index (κ3) is 4.69. The Morgan fingerprint density at radius 3 is 2.59 bits per heavy atom. The van der Waals surface area contributed by atoms with Crippen LogP contribution in [-0.2, 0) is 9.84 Å². The van der Waals surface area contributed by atoms with Crippen molar-refractivity contribution in [2.45, 2.75) is 26.7 Å². The van der Waals surface area contributed by atoms with E-state index in [4.69, 9.17) is 0 Å². The van der Waals surface area contributed by atoms with Crippen molar-refractivity contribution in [3.8, 4) is 0 Å². The van der Waals surface area contributed by atoms with Crippen molar-refractivity contribution in [1.82, 2.24) is 0 Å². The molecular weight excluding hydrogens is 236 g/mol. The lowest BCUT2D eigenvalue weighted by molar-refractivity contribution is 0.0982. The first-order chi connectivity index (χ1) is 7.94. The number of carbonyl (C=O) groups excluding carboxylic acids is 1. The Hall–Kier alpha value is -1.16. The maximum absolute atomic E-state index is 11.8. The van der Waals surface area contributed by atoms with Crippen molar-refractivity contribution in [2.75, 3.05) is 11.5 Å². The highest BCUT2D eigenvalue weighted by atomic mass is 32.2. The summed E-state index contributed by atoms with van der Waals surface area (Å²) in [5.41, 5.74) is 1.70. The topological polar surface area (TPSA) is 51.2 Å². The molecule has 17 heavy (non-hydrogen) atoms. The first-order valence-corrected chi connectivity index (χ1v) is 7.57. The molecule has 0 atom stereocenters. The van der Waals surface area contributed by atoms with Crippen LogP contribution < -0.4 is 0 Å². The molecule has 0 aliphatic heterocycles. The van der Waals surface area contributed by atoms with Crippen LogP contribution in [0.25, 0.3) is 0 Å². The molecule has 0 aliphatic rings. The number of aryl methyl sites for hydroxylation is 1. The zero-order valence-electron chi connectivity index (χ0n) is 10.3. The van der Waals surface area contributed by atoms with Gasteiger partial charge >= 0.3 is 0 Å². The summed E-state index contributed by atoms with van der Waals surface area (Å²) in [4.78, 5) is 11.8. The minimum absolute atomic E-state index is 0.0139. The molecule has 1 aromatic rings. The minimum Gasteiger partial charge on any atom is -0.294 e. The van der Waals surface area contributed by atoms with Gasteiger partial charge in [0.15, 0.2) is 5.78 Å². The molecule has 0 saturated heterocycles. The first-order valence-electron chi connectivity index (χ1n) is 5.75. The van der Waals surface area contributed by atoms with Gasteiger partial charge in [0.1, 0.15) is 9.84 Å². The van der Waals surface area contributed by atoms with Gasteiger partial charge in [-0.2, -0.15) is 0 Å². The summed E-state index contributed by atoms with van der Waals surface area (Å²) >= 11 is 0. The molecule has 94 valence electrons. The van der Waals surface area contributed by atoms with Gasteiger partial charge in [-0.25, -0.2) is 8.42 Å². The van der Waals surface area contributed by atoms with Crippen molar-refractivity contribution in [2.24, 2.45) is 0 Å². The molecule has 4 heteroatoms. The number of hydrogen-bond donors (Lipinski definition) is 0. The summed E-state index contributed by atoms with van der Waals surface area (Å²) in [7, 11) is -2.96. The van der Waals surface area contributed by atoms with E-state index in [0.717, 1.165) is 5.56 Å². The highest BCUT2D eigenvalue weighted by Gasteiger charge is 2.10. The maximum atomic E-state index is 11.8. The number of sulfone groups is 1. The maximum Gasteiger partial charge on any atom is 0.162 e. The number of hydrogen-bond acceptors (Lipinski definition) is 3. The molecule has 0 aliphatic carbocycles. The third-order valence-corrected chi connectivity index (χ3v) is 4.43. The van der Waals surface area contributed by atoms with Crippen molar-refractivity contribution in [3.63, 3.8) is 0 Å². The highest BCUT2D eigenvalue weighted by molar-refractivity contribution is 7.91. The molecule has 0 aromatic heterocycles. The van der Waals surface area contributed by atoms with E-state index in [0.29, 0.717) is 18.4 Å². The first kappa shape index (κ1) is 13.9. The van der Waals surface area contributed by atoms with E-state index in [1.165, 1.54) is 0 Å². The van der Waals surface area contributed by atoms with Crippen molar-refractivity contribution in [3.05, 3.63) is 35.4 Å². The summed E-state index contributed by atoms with van der Waals surface area (Å²) in [6, 6.07) is 7.37. The molecule has 0 N–H and O–H groups in total. The minimum atomic E-state index is -2.96. The van der Waals surface area contributed by atoms with Crippen molar-refractivity contribution in [1.29, 1.82) is 0 Å². The fraction of sp³-hybridized carbons (Fsp3) is 0.462. The van der Waals surface area contributed by atoms with Crippen LogP contribution in [0, 0.1) is 6.92 Å². The molecule has 0 fully saturated rings. The molecule has 3 nitrogen and oxygen atoms in total. The van der Waals surface area contributed by atoms with Gasteiger partial charge in [0.25, 0.3) is 0 Å². The van der Waals surface area contributed by atoms with Gasteiger partial charge in [-0.3, -0.25) is 4.79 Å². The van der Waals surface area contributed by atoms with Crippen LogP contribution in [0.2, 0.25) is 0 Å². The number of benzene rings is 1. The van der Waals surface area contributed by atoms with Gasteiger partial charge in [-0.1, -0.05) is 30.7 Å². The normalized spacial score (nSPS) is 11.4. The van der Waals surface area contributed by atoms with Crippen LogP contribution in [0.5, 0.6) is 0 Å². The van der Waals surface area contributed by atoms with Crippen LogP contribution in [0.3, 0.4) is 0 Å². The second-order valence-corrected chi connectivity index (χ2v) is 6.61. The van der Waals surface area contributed by atoms with Gasteiger partial charge in [-0.15, -0.1) is 0 Å². The number of Topliss-reactive ketones (excluding diaryl/α,β-unsaturated/α-hetero) is 1. The zero-order valence-corrected chi connectivity index (χ0v) is 11.1. The van der Waals surface area contributed by atoms with Gasteiger partial charge in [0.05, 0.1) is 5.75 Å². The molecule has 0 unspecified atom stereocenters. The van der Waals surface area contributed by atoms with E-state index in [-0.39, 0.29) is 17.3 Å². The average Bonchev–Trinajstić information content (AvgIpc) is 2.28. The Labute approximate surface area is 103 Å². The molecular formula is C13H18O3S. The van der Waals surface area contributed by atoms with E-state index in [9.17, 15) is 13.2 Å². The van der Waals surface area contributed by atoms with Crippen LogP contribution in [-0.4, -0.2) is 25.7 Å². The van der Waals surface area contributed by atoms with E-state index in [2.05, 4.69) is 0 Å². The van der Waals surface area contributed by atoms with E-state index in [1.54, 1.807) is 13.0 Å². The Balaban J connectivity index is 2.51. The molecule has 0 bridgehead atoms. The van der Waals surface area contributed by atoms with Crippen LogP contribution >= 0.6 is 0 Å². The predicted molar refractivity (Wildman–Crippen MR) is 69.1 cm³/mol. The second-order valence-electron chi connectivity index (χ2n) is 4.13. The van der Waals surface area contributed by atoms with E-state index < -0.39 is 9.84 Å². The lowest BCUT2D eigenvalue weighted by Gasteiger charge is -2.02. The monoisotopic (exact) mass is 254 g/mol. The number of ketones is 1. The van der Waals surface area contributed by atoms with Crippen molar-refractivity contribution < 1.29 is 13.2 Å². The smallest absolute Gasteiger partial charge is 0.162 e. The summed E-state index contributed by atoms with van der Waals surface area (Å²) in [5, 5.41) is 0. The van der Waals surface area contributed by atoms with Gasteiger partial charge in [0.2, 0.25) is 0 Å². The summed E-state index contributed by atoms with van der Waals surface area (Å²) < 4.78 is 22.5. The lowest BCUT2D eigenvalue weighted by Crippen LogP contribution is -2.10. The Bertz CT molecular complexity index is 489. The summed E-state index contributed by atoms with van der Waals surface area (Å²) in [6.45, 7) is 3.55. The Morgan fingerprint density at radius 1 is 1.29 bits per heavy atom. The summed E-state index contributed by atoms with van der Waals surface area (Å²) in [5.74, 6) is 0.257. The fourth-order valence-corrected chi connectivity index (χ4v) is 2.43. The van der Waals surface area contributed by atoms with E-state index >= 15 is 0 Å². The number of rotatable bonds is 6. The molecule has 0 heterocycles. The zero-order chi connectivity index (χ0) is 12.9. The predicted octanol–water partition coefficient (Wildman–Crippen LogP) is 2.39. The SMILES string of the molecule is CCS(=O)(=O)CCCC(=O)c1cccc(C)c1. The second kappa shape index (κ2) is 5.96. The highest BCUT2D eigenvalue weighted by Crippen LogP contribution is 2.09. The molecule has 0 amide bonds. The molecule has 0 spiro atoms. The van der Waals surface area contributed by atoms with Gasteiger partial charge < -0.3 is 0 Å². The lowest BCUT2D eigenvalue weighted by atomic mass is 10.1. The average molecular weight is 254 g/mol. The standard InChI is InChI=1S/C13H18O3S/c1-3-17(15,16)9-5-8-13(14)12-7-4-6-11(2)10-12/h4,6-7,10H,3,5,8-9H2,1-2H3. The number of carbonyl (C=O) groups is 1.